The predicted octanol–water partition coefficient (Wildman–Crippen LogP) is 1.56. The van der Waals surface area contributed by atoms with Crippen molar-refractivity contribution in [3.05, 3.63) is 29.3 Å². The summed E-state index contributed by atoms with van der Waals surface area (Å²) in [5.74, 6) is -0.481. The molecule has 1 atom stereocenters. The van der Waals surface area contributed by atoms with E-state index in [4.69, 9.17) is 16.3 Å². The fraction of sp³-hybridized carbons (Fsp3) is 0.333. The monoisotopic (exact) mass is 316 g/mol. The lowest BCUT2D eigenvalue weighted by Crippen LogP contribution is -2.28. The van der Waals surface area contributed by atoms with Gasteiger partial charge in [-0.05, 0) is 30.2 Å². The minimum Gasteiger partial charge on any atom is -0.451 e. The van der Waals surface area contributed by atoms with Gasteiger partial charge >= 0.3 is 6.02 Å². The van der Waals surface area contributed by atoms with Crippen LogP contribution in [0.25, 0.3) is 0 Å². The molecule has 2 rings (SSSR count). The van der Waals surface area contributed by atoms with E-state index in [2.05, 4.69) is 9.71 Å². The fourth-order valence-corrected chi connectivity index (χ4v) is 2.65. The molecule has 6 nitrogen and oxygen atoms in total. The number of halogens is 1. The van der Waals surface area contributed by atoms with Crippen LogP contribution in [0.15, 0.2) is 33.6 Å². The third-order valence-corrected chi connectivity index (χ3v) is 4.17. The standard InChI is InChI=1S/C12H13ClN2O4S/c1-7(2)10-11(16)14-12(19-10)15-20(17,18)9-5-3-8(13)4-6-9/h3-7,10H,1-2H3,(H,14,15,16). The Morgan fingerprint density at radius 3 is 2.40 bits per heavy atom. The van der Waals surface area contributed by atoms with Gasteiger partial charge in [-0.15, -0.1) is 4.40 Å². The Kier molecular flexibility index (Phi) is 4.01. The highest BCUT2D eigenvalue weighted by molar-refractivity contribution is 7.90. The topological polar surface area (TPSA) is 84.8 Å². The van der Waals surface area contributed by atoms with Gasteiger partial charge in [0.2, 0.25) is 0 Å². The first kappa shape index (κ1) is 14.8. The Bertz CT molecular complexity index is 653. The quantitative estimate of drug-likeness (QED) is 0.917. The van der Waals surface area contributed by atoms with E-state index in [0.717, 1.165) is 0 Å². The summed E-state index contributed by atoms with van der Waals surface area (Å²) in [6.07, 6.45) is -0.728. The zero-order valence-electron chi connectivity index (χ0n) is 10.8. The van der Waals surface area contributed by atoms with E-state index in [1.165, 1.54) is 24.3 Å². The normalized spacial score (nSPS) is 21.1. The molecule has 0 radical (unpaired) electrons. The van der Waals surface area contributed by atoms with E-state index in [1.807, 2.05) is 0 Å². The summed E-state index contributed by atoms with van der Waals surface area (Å²) in [5.41, 5.74) is 0. The minimum absolute atomic E-state index is 0.0276. The van der Waals surface area contributed by atoms with Gasteiger partial charge in [0.25, 0.3) is 15.9 Å². The third kappa shape index (κ3) is 3.10. The summed E-state index contributed by atoms with van der Waals surface area (Å²) >= 11 is 5.69. The van der Waals surface area contributed by atoms with Crippen molar-refractivity contribution in [3.63, 3.8) is 0 Å². The van der Waals surface area contributed by atoms with E-state index >= 15 is 0 Å². The smallest absolute Gasteiger partial charge is 0.308 e. The average molecular weight is 317 g/mol. The second-order valence-electron chi connectivity index (χ2n) is 4.60. The summed E-state index contributed by atoms with van der Waals surface area (Å²) in [7, 11) is -3.94. The SMILES string of the molecule is CC(C)C1O/C(=N/S(=O)(=O)c2ccc(Cl)cc2)NC1=O. The highest BCUT2D eigenvalue weighted by atomic mass is 35.5. The molecule has 1 aliphatic rings. The van der Waals surface area contributed by atoms with E-state index in [9.17, 15) is 13.2 Å². The molecule has 1 aliphatic heterocycles. The van der Waals surface area contributed by atoms with Crippen molar-refractivity contribution >= 4 is 33.6 Å². The summed E-state index contributed by atoms with van der Waals surface area (Å²) < 4.78 is 32.7. The average Bonchev–Trinajstić information content (AvgIpc) is 2.70. The van der Waals surface area contributed by atoms with Gasteiger partial charge in [0, 0.05) is 5.02 Å². The molecular weight excluding hydrogens is 304 g/mol. The van der Waals surface area contributed by atoms with Crippen LogP contribution in [0.3, 0.4) is 0 Å². The molecule has 1 aromatic rings. The van der Waals surface area contributed by atoms with Crippen molar-refractivity contribution in [2.24, 2.45) is 10.3 Å². The van der Waals surface area contributed by atoms with Crippen molar-refractivity contribution in [1.29, 1.82) is 0 Å². The molecule has 1 fully saturated rings. The summed E-state index contributed by atoms with van der Waals surface area (Å²) in [6, 6.07) is 5.25. The number of amidine groups is 1. The van der Waals surface area contributed by atoms with Gasteiger partial charge in [-0.3, -0.25) is 10.1 Å². The number of carbonyl (C=O) groups excluding carboxylic acids is 1. The van der Waals surface area contributed by atoms with Crippen LogP contribution in [0.1, 0.15) is 13.8 Å². The molecule has 0 saturated carbocycles. The number of hydrogen-bond donors (Lipinski definition) is 1. The molecule has 0 aromatic heterocycles. The van der Waals surface area contributed by atoms with Crippen LogP contribution in [-0.4, -0.2) is 26.5 Å². The van der Waals surface area contributed by atoms with Gasteiger partial charge in [-0.25, -0.2) is 0 Å². The number of carbonyl (C=O) groups is 1. The number of hydrogen-bond acceptors (Lipinski definition) is 4. The number of nitrogens with zero attached hydrogens (tertiary/aromatic N) is 1. The number of sulfonamides is 1. The molecule has 1 unspecified atom stereocenters. The number of rotatable bonds is 3. The molecule has 108 valence electrons. The molecule has 0 aliphatic carbocycles. The van der Waals surface area contributed by atoms with E-state index < -0.39 is 22.0 Å². The second-order valence-corrected chi connectivity index (χ2v) is 6.64. The van der Waals surface area contributed by atoms with Crippen molar-refractivity contribution in [2.45, 2.75) is 24.8 Å². The lowest BCUT2D eigenvalue weighted by molar-refractivity contribution is -0.124. The van der Waals surface area contributed by atoms with Crippen LogP contribution in [0, 0.1) is 5.92 Å². The molecule has 1 N–H and O–H groups in total. The van der Waals surface area contributed by atoms with Gasteiger partial charge in [0.15, 0.2) is 6.10 Å². The largest absolute Gasteiger partial charge is 0.451 e. The highest BCUT2D eigenvalue weighted by Crippen LogP contribution is 2.18. The molecule has 20 heavy (non-hydrogen) atoms. The number of benzene rings is 1. The number of ether oxygens (including phenoxy) is 1. The number of amides is 1. The zero-order chi connectivity index (χ0) is 14.9. The van der Waals surface area contributed by atoms with Crippen LogP contribution >= 0.6 is 11.6 Å². The Labute approximate surface area is 121 Å². The maximum Gasteiger partial charge on any atom is 0.308 e. The molecular formula is C12H13ClN2O4S. The van der Waals surface area contributed by atoms with Crippen LogP contribution < -0.4 is 5.32 Å². The van der Waals surface area contributed by atoms with Crippen LogP contribution in [0.5, 0.6) is 0 Å². The summed E-state index contributed by atoms with van der Waals surface area (Å²) in [6.45, 7) is 3.59. The Morgan fingerprint density at radius 2 is 1.90 bits per heavy atom. The zero-order valence-corrected chi connectivity index (χ0v) is 12.4. The van der Waals surface area contributed by atoms with Crippen molar-refractivity contribution in [2.75, 3.05) is 0 Å². The summed E-state index contributed by atoms with van der Waals surface area (Å²) in [5, 5.41) is 2.72. The van der Waals surface area contributed by atoms with Gasteiger partial charge in [0.1, 0.15) is 0 Å². The second kappa shape index (κ2) is 5.41. The van der Waals surface area contributed by atoms with Gasteiger partial charge < -0.3 is 4.74 Å². The van der Waals surface area contributed by atoms with Crippen LogP contribution in [-0.2, 0) is 19.6 Å². The highest BCUT2D eigenvalue weighted by Gasteiger charge is 2.34. The third-order valence-electron chi connectivity index (χ3n) is 2.65. The fourth-order valence-electron chi connectivity index (χ4n) is 1.63. The molecule has 1 aromatic carbocycles. The molecule has 1 heterocycles. The molecule has 8 heteroatoms. The van der Waals surface area contributed by atoms with E-state index in [-0.39, 0.29) is 16.8 Å². The Morgan fingerprint density at radius 1 is 1.30 bits per heavy atom. The van der Waals surface area contributed by atoms with Gasteiger partial charge in [-0.2, -0.15) is 8.42 Å². The lowest BCUT2D eigenvalue weighted by atomic mass is 10.1. The minimum atomic E-state index is -3.94. The van der Waals surface area contributed by atoms with Crippen LogP contribution in [0.4, 0.5) is 0 Å². The van der Waals surface area contributed by atoms with Crippen molar-refractivity contribution in [3.8, 4) is 0 Å². The molecule has 1 amide bonds. The maximum absolute atomic E-state index is 12.0. The number of nitrogens with one attached hydrogen (secondary N) is 1. The first-order valence-electron chi connectivity index (χ1n) is 5.87. The molecule has 1 saturated heterocycles. The molecule has 0 spiro atoms. The lowest BCUT2D eigenvalue weighted by Gasteiger charge is -2.09. The first-order chi connectivity index (χ1) is 9.29. The predicted molar refractivity (Wildman–Crippen MR) is 73.9 cm³/mol. The Balaban J connectivity index is 2.27. The summed E-state index contributed by atoms with van der Waals surface area (Å²) in [4.78, 5) is 11.5. The maximum atomic E-state index is 12.0. The van der Waals surface area contributed by atoms with Crippen molar-refractivity contribution in [1.82, 2.24) is 5.32 Å². The Hall–Kier alpha value is -1.60. The van der Waals surface area contributed by atoms with Crippen LogP contribution in [0.2, 0.25) is 5.02 Å². The van der Waals surface area contributed by atoms with E-state index in [1.54, 1.807) is 13.8 Å². The molecule has 0 bridgehead atoms. The van der Waals surface area contributed by atoms with Gasteiger partial charge in [0.05, 0.1) is 4.90 Å². The van der Waals surface area contributed by atoms with E-state index in [0.29, 0.717) is 5.02 Å². The van der Waals surface area contributed by atoms with Crippen molar-refractivity contribution < 1.29 is 17.9 Å². The first-order valence-corrected chi connectivity index (χ1v) is 7.69. The van der Waals surface area contributed by atoms with Gasteiger partial charge in [-0.1, -0.05) is 25.4 Å².